The molecule has 0 aromatic carbocycles. The van der Waals surface area contributed by atoms with Gasteiger partial charge in [0.2, 0.25) is 0 Å². The molecule has 24 heavy (non-hydrogen) atoms. The Morgan fingerprint density at radius 3 is 2.79 bits per heavy atom. The topological polar surface area (TPSA) is 45.7 Å². The molecule has 1 aromatic heterocycles. The van der Waals surface area contributed by atoms with Gasteiger partial charge in [-0.3, -0.25) is 4.99 Å². The zero-order chi connectivity index (χ0) is 16.0. The SMILES string of the molecule is CN=C(NCC1CCOC1)NCC1(c2cccs2)CCCCC1.I. The average Bonchev–Trinajstić information content (AvgIpc) is 3.30. The van der Waals surface area contributed by atoms with Gasteiger partial charge in [-0.15, -0.1) is 35.3 Å². The first-order valence-corrected chi connectivity index (χ1v) is 9.77. The monoisotopic (exact) mass is 463 g/mol. The van der Waals surface area contributed by atoms with Crippen molar-refractivity contribution in [2.75, 3.05) is 33.4 Å². The number of ether oxygens (including phenoxy) is 1. The van der Waals surface area contributed by atoms with Crippen LogP contribution >= 0.6 is 35.3 Å². The summed E-state index contributed by atoms with van der Waals surface area (Å²) < 4.78 is 5.44. The lowest BCUT2D eigenvalue weighted by molar-refractivity contribution is 0.186. The second-order valence-electron chi connectivity index (χ2n) is 6.85. The molecule has 1 aromatic rings. The summed E-state index contributed by atoms with van der Waals surface area (Å²) >= 11 is 1.90. The Balaban J connectivity index is 0.00000208. The lowest BCUT2D eigenvalue weighted by atomic mass is 9.73. The third-order valence-corrected chi connectivity index (χ3v) is 6.37. The van der Waals surface area contributed by atoms with Crippen LogP contribution in [0.25, 0.3) is 0 Å². The van der Waals surface area contributed by atoms with Crippen LogP contribution in [0, 0.1) is 5.92 Å². The number of halogens is 1. The molecule has 0 radical (unpaired) electrons. The molecule has 0 amide bonds. The number of aliphatic imine (C=N–C) groups is 1. The summed E-state index contributed by atoms with van der Waals surface area (Å²) in [6.07, 6.45) is 7.78. The molecule has 0 bridgehead atoms. The Hall–Kier alpha value is -0.340. The Bertz CT molecular complexity index is 494. The quantitative estimate of drug-likeness (QED) is 0.397. The van der Waals surface area contributed by atoms with Gasteiger partial charge in [-0.1, -0.05) is 25.3 Å². The van der Waals surface area contributed by atoms with Crippen LogP contribution in [0.1, 0.15) is 43.4 Å². The van der Waals surface area contributed by atoms with E-state index in [1.165, 1.54) is 37.0 Å². The molecule has 1 atom stereocenters. The Kier molecular flexibility index (Phi) is 8.30. The molecule has 2 N–H and O–H groups in total. The fraction of sp³-hybridized carbons (Fsp3) is 0.722. The normalized spacial score (nSPS) is 23.5. The van der Waals surface area contributed by atoms with Crippen LogP contribution in [-0.2, 0) is 10.2 Å². The van der Waals surface area contributed by atoms with Crippen LogP contribution in [-0.4, -0.2) is 39.3 Å². The number of thiophene rings is 1. The van der Waals surface area contributed by atoms with E-state index in [1.807, 2.05) is 18.4 Å². The van der Waals surface area contributed by atoms with Gasteiger partial charge in [0.05, 0.1) is 6.61 Å². The van der Waals surface area contributed by atoms with E-state index >= 15 is 0 Å². The van der Waals surface area contributed by atoms with Crippen molar-refractivity contribution < 1.29 is 4.74 Å². The van der Waals surface area contributed by atoms with Crippen LogP contribution < -0.4 is 10.6 Å². The molecule has 2 heterocycles. The van der Waals surface area contributed by atoms with Gasteiger partial charge in [0.1, 0.15) is 0 Å². The standard InChI is InChI=1S/C18H29N3OS.HI/c1-19-17(20-12-15-7-10-22-13-15)21-14-18(8-3-2-4-9-18)16-6-5-11-23-16;/h5-6,11,15H,2-4,7-10,12-14H2,1H3,(H2,19,20,21);1H. The molecular weight excluding hydrogens is 433 g/mol. The molecule has 1 aliphatic carbocycles. The number of guanidine groups is 1. The molecule has 6 heteroatoms. The molecule has 1 unspecified atom stereocenters. The van der Waals surface area contributed by atoms with Crippen molar-refractivity contribution in [2.24, 2.45) is 10.9 Å². The number of nitrogens with one attached hydrogen (secondary N) is 2. The third-order valence-electron chi connectivity index (χ3n) is 5.25. The molecule has 0 spiro atoms. The van der Waals surface area contributed by atoms with Crippen LogP contribution in [0.2, 0.25) is 0 Å². The first-order valence-electron chi connectivity index (χ1n) is 8.89. The lowest BCUT2D eigenvalue weighted by Gasteiger charge is -2.37. The second-order valence-corrected chi connectivity index (χ2v) is 7.80. The van der Waals surface area contributed by atoms with Gasteiger partial charge in [0.25, 0.3) is 0 Å². The summed E-state index contributed by atoms with van der Waals surface area (Å²) in [5.41, 5.74) is 0.292. The van der Waals surface area contributed by atoms with Gasteiger partial charge in [0, 0.05) is 43.0 Å². The van der Waals surface area contributed by atoms with Crippen molar-refractivity contribution in [3.05, 3.63) is 22.4 Å². The largest absolute Gasteiger partial charge is 0.381 e. The van der Waals surface area contributed by atoms with Gasteiger partial charge < -0.3 is 15.4 Å². The smallest absolute Gasteiger partial charge is 0.191 e. The van der Waals surface area contributed by atoms with E-state index in [0.29, 0.717) is 11.3 Å². The minimum absolute atomic E-state index is 0. The fourth-order valence-corrected chi connectivity index (χ4v) is 4.77. The predicted molar refractivity (Wildman–Crippen MR) is 113 cm³/mol. The van der Waals surface area contributed by atoms with Crippen molar-refractivity contribution in [3.8, 4) is 0 Å². The highest BCUT2D eigenvalue weighted by Crippen LogP contribution is 2.41. The van der Waals surface area contributed by atoms with E-state index in [-0.39, 0.29) is 24.0 Å². The van der Waals surface area contributed by atoms with Crippen LogP contribution in [0.15, 0.2) is 22.5 Å². The van der Waals surface area contributed by atoms with E-state index in [9.17, 15) is 0 Å². The van der Waals surface area contributed by atoms with Gasteiger partial charge in [0.15, 0.2) is 5.96 Å². The molecule has 1 saturated heterocycles. The maximum absolute atomic E-state index is 5.44. The number of rotatable bonds is 5. The van der Waals surface area contributed by atoms with Crippen LogP contribution in [0.4, 0.5) is 0 Å². The van der Waals surface area contributed by atoms with E-state index in [4.69, 9.17) is 4.74 Å². The van der Waals surface area contributed by atoms with Crippen molar-refractivity contribution in [3.63, 3.8) is 0 Å². The lowest BCUT2D eigenvalue weighted by Crippen LogP contribution is -2.47. The molecular formula is C18H30IN3OS. The van der Waals surface area contributed by atoms with Crippen molar-refractivity contribution in [2.45, 2.75) is 43.9 Å². The molecule has 2 aliphatic rings. The predicted octanol–water partition coefficient (Wildman–Crippen LogP) is 3.77. The van der Waals surface area contributed by atoms with Crippen LogP contribution in [0.5, 0.6) is 0 Å². The van der Waals surface area contributed by atoms with E-state index < -0.39 is 0 Å². The summed E-state index contributed by atoms with van der Waals surface area (Å²) in [6.45, 7) is 3.71. The van der Waals surface area contributed by atoms with Crippen LogP contribution in [0.3, 0.4) is 0 Å². The molecule has 4 nitrogen and oxygen atoms in total. The second kappa shape index (κ2) is 9.97. The molecule has 3 rings (SSSR count). The van der Waals surface area contributed by atoms with E-state index in [0.717, 1.165) is 38.7 Å². The highest BCUT2D eigenvalue weighted by Gasteiger charge is 2.34. The van der Waals surface area contributed by atoms with Gasteiger partial charge in [-0.2, -0.15) is 0 Å². The highest BCUT2D eigenvalue weighted by atomic mass is 127. The van der Waals surface area contributed by atoms with E-state index in [1.54, 1.807) is 0 Å². The Morgan fingerprint density at radius 2 is 2.17 bits per heavy atom. The molecule has 136 valence electrons. The molecule has 1 aliphatic heterocycles. The average molecular weight is 463 g/mol. The van der Waals surface area contributed by atoms with Crippen molar-refractivity contribution in [1.82, 2.24) is 10.6 Å². The maximum atomic E-state index is 5.44. The maximum Gasteiger partial charge on any atom is 0.191 e. The zero-order valence-corrected chi connectivity index (χ0v) is 17.7. The summed E-state index contributed by atoms with van der Waals surface area (Å²) in [6, 6.07) is 4.49. The number of hydrogen-bond donors (Lipinski definition) is 2. The highest BCUT2D eigenvalue weighted by molar-refractivity contribution is 14.0. The first kappa shape index (κ1) is 20.0. The van der Waals surface area contributed by atoms with Gasteiger partial charge in [-0.25, -0.2) is 0 Å². The number of hydrogen-bond acceptors (Lipinski definition) is 3. The Labute approximate surface area is 166 Å². The molecule has 1 saturated carbocycles. The van der Waals surface area contributed by atoms with Gasteiger partial charge >= 0.3 is 0 Å². The summed E-state index contributed by atoms with van der Waals surface area (Å²) in [5, 5.41) is 9.28. The van der Waals surface area contributed by atoms with E-state index in [2.05, 4.69) is 33.1 Å². The summed E-state index contributed by atoms with van der Waals surface area (Å²) in [5.74, 6) is 1.55. The minimum atomic E-state index is 0. The molecule has 2 fully saturated rings. The minimum Gasteiger partial charge on any atom is -0.381 e. The third kappa shape index (κ3) is 5.08. The van der Waals surface area contributed by atoms with Crippen molar-refractivity contribution in [1.29, 1.82) is 0 Å². The summed E-state index contributed by atoms with van der Waals surface area (Å²) in [7, 11) is 1.86. The van der Waals surface area contributed by atoms with Gasteiger partial charge in [-0.05, 0) is 30.7 Å². The summed E-state index contributed by atoms with van der Waals surface area (Å²) in [4.78, 5) is 5.93. The zero-order valence-electron chi connectivity index (χ0n) is 14.6. The first-order chi connectivity index (χ1) is 11.3. The Morgan fingerprint density at radius 1 is 1.33 bits per heavy atom. The number of nitrogens with zero attached hydrogens (tertiary/aromatic N) is 1. The fourth-order valence-electron chi connectivity index (χ4n) is 3.78. The van der Waals surface area contributed by atoms with Crippen molar-refractivity contribution >= 4 is 41.3 Å².